The molecule has 0 radical (unpaired) electrons. The van der Waals surface area contributed by atoms with Gasteiger partial charge in [-0.1, -0.05) is 27.2 Å². The lowest BCUT2D eigenvalue weighted by Gasteiger charge is -2.26. The maximum Gasteiger partial charge on any atom is 0.328 e. The molecular formula is C19H26O5. The van der Waals surface area contributed by atoms with Crippen LogP contribution >= 0.6 is 0 Å². The molecule has 24 heavy (non-hydrogen) atoms. The van der Waals surface area contributed by atoms with Gasteiger partial charge in [0.15, 0.2) is 11.2 Å². The minimum Gasteiger partial charge on any atom is -0.465 e. The highest BCUT2D eigenvalue weighted by Gasteiger charge is 2.46. The molecule has 1 rings (SSSR count). The van der Waals surface area contributed by atoms with Crippen molar-refractivity contribution in [2.45, 2.75) is 53.4 Å². The fraction of sp³-hybridized carbons (Fsp3) is 0.526. The Labute approximate surface area is 143 Å². The average molecular weight is 334 g/mol. The molecular weight excluding hydrogens is 308 g/mol. The van der Waals surface area contributed by atoms with Crippen molar-refractivity contribution >= 4 is 17.7 Å². The number of ether oxygens (including phenoxy) is 2. The molecule has 0 aliphatic heterocycles. The van der Waals surface area contributed by atoms with Gasteiger partial charge >= 0.3 is 11.9 Å². The van der Waals surface area contributed by atoms with Crippen molar-refractivity contribution in [2.24, 2.45) is 5.41 Å². The zero-order valence-electron chi connectivity index (χ0n) is 14.9. The minimum absolute atomic E-state index is 0.0659. The molecule has 0 spiro atoms. The van der Waals surface area contributed by atoms with E-state index in [9.17, 15) is 14.4 Å². The molecule has 0 N–H and O–H groups in total. The lowest BCUT2D eigenvalue weighted by molar-refractivity contribution is -0.168. The van der Waals surface area contributed by atoms with E-state index in [0.717, 1.165) is 12.8 Å². The Morgan fingerprint density at radius 3 is 2.00 bits per heavy atom. The quantitative estimate of drug-likeness (QED) is 0.225. The van der Waals surface area contributed by atoms with Gasteiger partial charge in [-0.05, 0) is 50.5 Å². The molecule has 0 aromatic heterocycles. The van der Waals surface area contributed by atoms with Gasteiger partial charge in [0.1, 0.15) is 5.75 Å². The summed E-state index contributed by atoms with van der Waals surface area (Å²) in [6, 6.07) is 6.27. The number of benzene rings is 1. The standard InChI is InChI=1S/C19H26O5/c1-5-8-13-23-17(21)19(6-2,7-3)18(22)24-16-11-9-15(10-12-16)14(4)20/h9-12H,5-8,13H2,1-4H3. The van der Waals surface area contributed by atoms with Crippen molar-refractivity contribution in [1.82, 2.24) is 0 Å². The lowest BCUT2D eigenvalue weighted by Crippen LogP contribution is -2.42. The Morgan fingerprint density at radius 1 is 0.958 bits per heavy atom. The van der Waals surface area contributed by atoms with Crippen LogP contribution in [0.1, 0.15) is 63.7 Å². The number of hydrogen-bond acceptors (Lipinski definition) is 5. The summed E-state index contributed by atoms with van der Waals surface area (Å²) in [6.07, 6.45) is 2.28. The van der Waals surface area contributed by atoms with Crippen LogP contribution in [0.15, 0.2) is 24.3 Å². The maximum atomic E-state index is 12.6. The van der Waals surface area contributed by atoms with E-state index in [1.807, 2.05) is 6.92 Å². The number of carbonyl (C=O) groups excluding carboxylic acids is 3. The number of Topliss-reactive ketones (excluding diaryl/α,β-unsaturated/α-hetero) is 1. The summed E-state index contributed by atoms with van der Waals surface area (Å²) >= 11 is 0. The molecule has 5 heteroatoms. The molecule has 0 saturated heterocycles. The van der Waals surface area contributed by atoms with Crippen molar-refractivity contribution in [1.29, 1.82) is 0 Å². The van der Waals surface area contributed by atoms with E-state index in [1.54, 1.807) is 38.1 Å². The van der Waals surface area contributed by atoms with Gasteiger partial charge in [-0.2, -0.15) is 0 Å². The number of ketones is 1. The summed E-state index contributed by atoms with van der Waals surface area (Å²) in [5, 5.41) is 0. The van der Waals surface area contributed by atoms with Gasteiger partial charge in [0, 0.05) is 5.56 Å². The van der Waals surface area contributed by atoms with Crippen LogP contribution in [0.4, 0.5) is 0 Å². The van der Waals surface area contributed by atoms with Crippen LogP contribution in [0, 0.1) is 5.41 Å². The normalized spacial score (nSPS) is 11.0. The predicted octanol–water partition coefficient (Wildman–Crippen LogP) is 3.94. The number of carbonyl (C=O) groups is 3. The van der Waals surface area contributed by atoms with E-state index in [-0.39, 0.29) is 5.78 Å². The summed E-state index contributed by atoms with van der Waals surface area (Å²) in [5.41, 5.74) is -0.765. The van der Waals surface area contributed by atoms with Gasteiger partial charge < -0.3 is 9.47 Å². The van der Waals surface area contributed by atoms with Gasteiger partial charge in [-0.25, -0.2) is 0 Å². The number of esters is 2. The van der Waals surface area contributed by atoms with Crippen molar-refractivity contribution in [2.75, 3.05) is 6.61 Å². The van der Waals surface area contributed by atoms with Crippen LogP contribution in [0.25, 0.3) is 0 Å². The van der Waals surface area contributed by atoms with E-state index in [1.165, 1.54) is 6.92 Å². The number of hydrogen-bond donors (Lipinski definition) is 0. The Kier molecular flexibility index (Phi) is 7.62. The van der Waals surface area contributed by atoms with Crippen molar-refractivity contribution in [3.63, 3.8) is 0 Å². The first-order chi connectivity index (χ1) is 11.4. The first-order valence-electron chi connectivity index (χ1n) is 8.41. The summed E-state index contributed by atoms with van der Waals surface area (Å²) in [4.78, 5) is 36.3. The fourth-order valence-electron chi connectivity index (χ4n) is 2.32. The van der Waals surface area contributed by atoms with Gasteiger partial charge in [0.25, 0.3) is 0 Å². The summed E-state index contributed by atoms with van der Waals surface area (Å²) < 4.78 is 10.6. The van der Waals surface area contributed by atoms with Crippen LogP contribution in [0.2, 0.25) is 0 Å². The van der Waals surface area contributed by atoms with Crippen LogP contribution in [0.3, 0.4) is 0 Å². The van der Waals surface area contributed by atoms with Gasteiger partial charge in [-0.3, -0.25) is 14.4 Å². The van der Waals surface area contributed by atoms with Crippen molar-refractivity contribution in [3.8, 4) is 5.75 Å². The monoisotopic (exact) mass is 334 g/mol. The molecule has 0 saturated carbocycles. The second-order valence-electron chi connectivity index (χ2n) is 5.75. The van der Waals surface area contributed by atoms with Gasteiger partial charge in [0.2, 0.25) is 0 Å². The number of rotatable bonds is 9. The Balaban J connectivity index is 2.89. The summed E-state index contributed by atoms with van der Waals surface area (Å²) in [7, 11) is 0. The van der Waals surface area contributed by atoms with E-state index < -0.39 is 17.4 Å². The highest BCUT2D eigenvalue weighted by Crippen LogP contribution is 2.31. The lowest BCUT2D eigenvalue weighted by atomic mass is 9.82. The Morgan fingerprint density at radius 2 is 1.54 bits per heavy atom. The smallest absolute Gasteiger partial charge is 0.328 e. The molecule has 1 aromatic carbocycles. The second kappa shape index (κ2) is 9.21. The maximum absolute atomic E-state index is 12.6. The van der Waals surface area contributed by atoms with E-state index in [0.29, 0.717) is 30.8 Å². The largest absolute Gasteiger partial charge is 0.465 e. The molecule has 5 nitrogen and oxygen atoms in total. The molecule has 0 atom stereocenters. The topological polar surface area (TPSA) is 69.7 Å². The fourth-order valence-corrected chi connectivity index (χ4v) is 2.32. The Bertz CT molecular complexity index is 570. The SMILES string of the molecule is CCCCOC(=O)C(CC)(CC)C(=O)Oc1ccc(C(C)=O)cc1. The molecule has 0 bridgehead atoms. The molecule has 132 valence electrons. The molecule has 0 unspecified atom stereocenters. The first kappa shape index (κ1) is 19.9. The molecule has 0 aliphatic rings. The molecule has 0 fully saturated rings. The highest BCUT2D eigenvalue weighted by atomic mass is 16.6. The van der Waals surface area contributed by atoms with E-state index in [4.69, 9.17) is 9.47 Å². The van der Waals surface area contributed by atoms with Crippen LogP contribution in [-0.2, 0) is 14.3 Å². The molecule has 1 aromatic rings. The van der Waals surface area contributed by atoms with E-state index >= 15 is 0 Å². The van der Waals surface area contributed by atoms with E-state index in [2.05, 4.69) is 0 Å². The number of unbranched alkanes of at least 4 members (excludes halogenated alkanes) is 1. The third kappa shape index (κ3) is 4.66. The van der Waals surface area contributed by atoms with Crippen molar-refractivity contribution in [3.05, 3.63) is 29.8 Å². The Hall–Kier alpha value is -2.17. The zero-order valence-corrected chi connectivity index (χ0v) is 14.9. The summed E-state index contributed by atoms with van der Waals surface area (Å²) in [6.45, 7) is 7.30. The first-order valence-corrected chi connectivity index (χ1v) is 8.41. The zero-order chi connectivity index (χ0) is 18.2. The highest BCUT2D eigenvalue weighted by molar-refractivity contribution is 6.01. The van der Waals surface area contributed by atoms with Crippen molar-refractivity contribution < 1.29 is 23.9 Å². The van der Waals surface area contributed by atoms with Gasteiger partial charge in [0.05, 0.1) is 6.61 Å². The van der Waals surface area contributed by atoms with Crippen LogP contribution < -0.4 is 4.74 Å². The minimum atomic E-state index is -1.30. The summed E-state index contributed by atoms with van der Waals surface area (Å²) in [5.74, 6) is -0.919. The third-order valence-corrected chi connectivity index (χ3v) is 4.19. The second-order valence-corrected chi connectivity index (χ2v) is 5.75. The molecule has 0 aliphatic carbocycles. The van der Waals surface area contributed by atoms with Crippen LogP contribution in [-0.4, -0.2) is 24.3 Å². The average Bonchev–Trinajstić information content (AvgIpc) is 2.57. The predicted molar refractivity (Wildman–Crippen MR) is 91.0 cm³/mol. The third-order valence-electron chi connectivity index (χ3n) is 4.19. The molecule has 0 heterocycles. The van der Waals surface area contributed by atoms with Crippen LogP contribution in [0.5, 0.6) is 5.75 Å². The molecule has 0 amide bonds. The van der Waals surface area contributed by atoms with Gasteiger partial charge in [-0.15, -0.1) is 0 Å².